The number of nitrogens with one attached hydrogen (secondary N) is 1. The van der Waals surface area contributed by atoms with Gasteiger partial charge in [-0.1, -0.05) is 5.16 Å². The second-order valence-corrected chi connectivity index (χ2v) is 5.00. The predicted octanol–water partition coefficient (Wildman–Crippen LogP) is 1.97. The Hall–Kier alpha value is -2.55. The van der Waals surface area contributed by atoms with Gasteiger partial charge in [-0.15, -0.1) is 10.2 Å². The molecule has 0 spiro atoms. The van der Waals surface area contributed by atoms with E-state index in [9.17, 15) is 4.79 Å². The van der Waals surface area contributed by atoms with Crippen LogP contribution in [0.25, 0.3) is 5.82 Å². The highest BCUT2D eigenvalue weighted by Crippen LogP contribution is 2.18. The molecule has 3 aromatic heterocycles. The number of anilines is 1. The van der Waals surface area contributed by atoms with E-state index in [4.69, 9.17) is 4.52 Å². The number of hydrogen-bond donors (Lipinski definition) is 1. The molecule has 1 N–H and O–H groups in total. The van der Waals surface area contributed by atoms with Gasteiger partial charge in [0.2, 0.25) is 0 Å². The van der Waals surface area contributed by atoms with Crippen molar-refractivity contribution in [1.29, 1.82) is 0 Å². The molecule has 0 bridgehead atoms. The van der Waals surface area contributed by atoms with Gasteiger partial charge in [0.15, 0.2) is 5.82 Å². The molecule has 1 amide bonds. The number of aromatic nitrogens is 5. The van der Waals surface area contributed by atoms with Gasteiger partial charge < -0.3 is 9.84 Å². The third kappa shape index (κ3) is 2.82. The number of aryl methyl sites for hydroxylation is 1. The van der Waals surface area contributed by atoms with Crippen LogP contribution in [-0.2, 0) is 0 Å². The van der Waals surface area contributed by atoms with E-state index < -0.39 is 5.91 Å². The molecular weight excluding hydrogens is 340 g/mol. The van der Waals surface area contributed by atoms with Gasteiger partial charge in [-0.3, -0.25) is 9.36 Å². The van der Waals surface area contributed by atoms with Crippen molar-refractivity contribution in [2.75, 3.05) is 5.32 Å². The van der Waals surface area contributed by atoms with Crippen LogP contribution >= 0.6 is 15.9 Å². The molecule has 3 rings (SSSR count). The van der Waals surface area contributed by atoms with Crippen molar-refractivity contribution in [3.05, 3.63) is 46.8 Å². The Morgan fingerprint density at radius 2 is 2.10 bits per heavy atom. The van der Waals surface area contributed by atoms with Gasteiger partial charge in [-0.2, -0.15) is 0 Å². The number of amides is 1. The molecule has 21 heavy (non-hydrogen) atoms. The van der Waals surface area contributed by atoms with Crippen LogP contribution in [0, 0.1) is 6.92 Å². The minimum absolute atomic E-state index is 0.224. The average Bonchev–Trinajstić information content (AvgIpc) is 3.11. The van der Waals surface area contributed by atoms with Crippen LogP contribution in [0.3, 0.4) is 0 Å². The van der Waals surface area contributed by atoms with E-state index >= 15 is 0 Å². The number of halogens is 1. The van der Waals surface area contributed by atoms with Gasteiger partial charge in [0, 0.05) is 10.5 Å². The summed E-state index contributed by atoms with van der Waals surface area (Å²) in [4.78, 5) is 16.5. The maximum atomic E-state index is 12.2. The molecule has 0 aliphatic rings. The molecule has 3 aromatic rings. The molecule has 0 saturated carbocycles. The lowest BCUT2D eigenvalue weighted by Gasteiger charge is -2.06. The van der Waals surface area contributed by atoms with Crippen molar-refractivity contribution in [3.8, 4) is 5.82 Å². The number of carbonyl (C=O) groups excluding carboxylic acids is 1. The molecule has 3 heterocycles. The van der Waals surface area contributed by atoms with Gasteiger partial charge in [0.1, 0.15) is 29.9 Å². The Kier molecular flexibility index (Phi) is 3.48. The summed E-state index contributed by atoms with van der Waals surface area (Å²) in [5.74, 6) is 1.08. The SMILES string of the molecule is Cc1cc(NC(=O)c2nc(-n3cnnc3)ccc2Br)no1. The fraction of sp³-hybridized carbons (Fsp3) is 0.0833. The van der Waals surface area contributed by atoms with Gasteiger partial charge in [0.05, 0.1) is 0 Å². The van der Waals surface area contributed by atoms with Crippen LogP contribution in [-0.4, -0.2) is 30.8 Å². The van der Waals surface area contributed by atoms with Crippen LogP contribution in [0.1, 0.15) is 16.2 Å². The first kappa shape index (κ1) is 13.4. The zero-order valence-corrected chi connectivity index (χ0v) is 12.4. The van der Waals surface area contributed by atoms with Gasteiger partial charge in [0.25, 0.3) is 5.91 Å². The summed E-state index contributed by atoms with van der Waals surface area (Å²) in [6.45, 7) is 1.74. The van der Waals surface area contributed by atoms with Crippen LogP contribution in [0.2, 0.25) is 0 Å². The largest absolute Gasteiger partial charge is 0.360 e. The van der Waals surface area contributed by atoms with E-state index in [1.807, 2.05) is 0 Å². The number of hydrogen-bond acceptors (Lipinski definition) is 6. The van der Waals surface area contributed by atoms with Crippen molar-refractivity contribution < 1.29 is 9.32 Å². The van der Waals surface area contributed by atoms with E-state index in [0.29, 0.717) is 21.9 Å². The monoisotopic (exact) mass is 348 g/mol. The highest BCUT2D eigenvalue weighted by molar-refractivity contribution is 9.10. The van der Waals surface area contributed by atoms with Crippen molar-refractivity contribution in [2.45, 2.75) is 6.92 Å². The first-order valence-electron chi connectivity index (χ1n) is 5.90. The second kappa shape index (κ2) is 5.44. The summed E-state index contributed by atoms with van der Waals surface area (Å²) in [6.07, 6.45) is 3.00. The van der Waals surface area contributed by atoms with Crippen LogP contribution < -0.4 is 5.32 Å². The maximum Gasteiger partial charge on any atom is 0.276 e. The molecule has 106 valence electrons. The van der Waals surface area contributed by atoms with Crippen LogP contribution in [0.4, 0.5) is 5.82 Å². The fourth-order valence-electron chi connectivity index (χ4n) is 1.65. The highest BCUT2D eigenvalue weighted by atomic mass is 79.9. The lowest BCUT2D eigenvalue weighted by molar-refractivity contribution is 0.102. The Bertz CT molecular complexity index is 783. The van der Waals surface area contributed by atoms with Crippen molar-refractivity contribution >= 4 is 27.7 Å². The summed E-state index contributed by atoms with van der Waals surface area (Å²) in [5, 5.41) is 13.7. The number of rotatable bonds is 3. The minimum Gasteiger partial charge on any atom is -0.360 e. The predicted molar refractivity (Wildman–Crippen MR) is 76.0 cm³/mol. The van der Waals surface area contributed by atoms with Crippen molar-refractivity contribution in [2.24, 2.45) is 0 Å². The Balaban J connectivity index is 1.90. The smallest absolute Gasteiger partial charge is 0.276 e. The third-order valence-corrected chi connectivity index (χ3v) is 3.24. The van der Waals surface area contributed by atoms with Crippen LogP contribution in [0.15, 0.2) is 39.8 Å². The van der Waals surface area contributed by atoms with Gasteiger partial charge >= 0.3 is 0 Å². The molecule has 0 unspecified atom stereocenters. The highest BCUT2D eigenvalue weighted by Gasteiger charge is 2.15. The Morgan fingerprint density at radius 1 is 1.33 bits per heavy atom. The molecule has 9 heteroatoms. The number of nitrogens with zero attached hydrogens (tertiary/aromatic N) is 5. The molecule has 0 aromatic carbocycles. The van der Waals surface area contributed by atoms with E-state index in [0.717, 1.165) is 0 Å². The Labute approximate surface area is 127 Å². The average molecular weight is 349 g/mol. The summed E-state index contributed by atoms with van der Waals surface area (Å²) in [6, 6.07) is 5.09. The summed E-state index contributed by atoms with van der Waals surface area (Å²) in [7, 11) is 0. The molecule has 0 saturated heterocycles. The summed E-state index contributed by atoms with van der Waals surface area (Å²) in [5.41, 5.74) is 0.224. The molecule has 8 nitrogen and oxygen atoms in total. The molecule has 0 fully saturated rings. The molecule has 0 aliphatic carbocycles. The standard InChI is InChI=1S/C12H9BrN6O2/c1-7-4-9(18-21-7)16-12(20)11-8(13)2-3-10(17-11)19-5-14-15-6-19/h2-6H,1H3,(H,16,18,20). The normalized spacial score (nSPS) is 10.6. The van der Waals surface area contributed by atoms with Crippen LogP contribution in [0.5, 0.6) is 0 Å². The van der Waals surface area contributed by atoms with E-state index in [-0.39, 0.29) is 5.69 Å². The number of carbonyl (C=O) groups is 1. The fourth-order valence-corrected chi connectivity index (χ4v) is 2.06. The second-order valence-electron chi connectivity index (χ2n) is 4.15. The lowest BCUT2D eigenvalue weighted by atomic mass is 10.3. The van der Waals surface area contributed by atoms with Crippen molar-refractivity contribution in [3.63, 3.8) is 0 Å². The third-order valence-electron chi connectivity index (χ3n) is 2.60. The topological polar surface area (TPSA) is 98.7 Å². The van der Waals surface area contributed by atoms with Gasteiger partial charge in [-0.05, 0) is 35.0 Å². The lowest BCUT2D eigenvalue weighted by Crippen LogP contribution is -2.15. The summed E-state index contributed by atoms with van der Waals surface area (Å²) < 4.78 is 7.06. The molecule has 0 radical (unpaired) electrons. The molecule has 0 aliphatic heterocycles. The van der Waals surface area contributed by atoms with Gasteiger partial charge in [-0.25, -0.2) is 4.98 Å². The first-order chi connectivity index (χ1) is 10.1. The number of pyridine rings is 1. The molecule has 0 atom stereocenters. The zero-order chi connectivity index (χ0) is 14.8. The van der Waals surface area contributed by atoms with E-state index in [2.05, 4.69) is 41.6 Å². The zero-order valence-electron chi connectivity index (χ0n) is 10.8. The maximum absolute atomic E-state index is 12.2. The molecular formula is C12H9BrN6O2. The first-order valence-corrected chi connectivity index (χ1v) is 6.69. The summed E-state index contributed by atoms with van der Waals surface area (Å²) >= 11 is 3.31. The minimum atomic E-state index is -0.398. The van der Waals surface area contributed by atoms with E-state index in [1.54, 1.807) is 29.7 Å². The van der Waals surface area contributed by atoms with E-state index in [1.165, 1.54) is 12.7 Å². The van der Waals surface area contributed by atoms with Crippen molar-refractivity contribution in [1.82, 2.24) is 24.9 Å². The quantitative estimate of drug-likeness (QED) is 0.776. The Morgan fingerprint density at radius 3 is 2.76 bits per heavy atom.